The van der Waals surface area contributed by atoms with Crippen LogP contribution in [0.5, 0.6) is 0 Å². The second kappa shape index (κ2) is 4.14. The van der Waals surface area contributed by atoms with Gasteiger partial charge in [-0.15, -0.1) is 11.3 Å². The number of hydrogen-bond donors (Lipinski definition) is 1. The van der Waals surface area contributed by atoms with E-state index in [1.54, 1.807) is 0 Å². The molecule has 1 atom stereocenters. The number of aromatic nitrogens is 3. The highest BCUT2D eigenvalue weighted by molar-refractivity contribution is 7.10. The zero-order chi connectivity index (χ0) is 11.8. The van der Waals surface area contributed by atoms with Crippen LogP contribution in [-0.2, 0) is 6.42 Å². The van der Waals surface area contributed by atoms with Gasteiger partial charge in [0.1, 0.15) is 0 Å². The molecule has 2 aromatic rings. The van der Waals surface area contributed by atoms with Crippen molar-refractivity contribution in [2.24, 2.45) is 0 Å². The number of aryl methyl sites for hydroxylation is 2. The Labute approximate surface area is 105 Å². The molecule has 0 saturated heterocycles. The van der Waals surface area contributed by atoms with Crippen molar-refractivity contribution >= 4 is 17.3 Å². The predicted molar refractivity (Wildman–Crippen MR) is 69.7 cm³/mol. The minimum atomic E-state index is 0.360. The Hall–Kier alpha value is -1.36. The van der Waals surface area contributed by atoms with Crippen molar-refractivity contribution in [2.75, 3.05) is 11.9 Å². The average molecular weight is 248 g/mol. The topological polar surface area (TPSA) is 42.7 Å². The first-order valence-corrected chi connectivity index (χ1v) is 6.91. The van der Waals surface area contributed by atoms with Gasteiger partial charge in [-0.3, -0.25) is 0 Å². The quantitative estimate of drug-likeness (QED) is 0.888. The fraction of sp³-hybridized carbons (Fsp3) is 0.500. The maximum absolute atomic E-state index is 4.60. The second-order valence-electron chi connectivity index (χ2n) is 4.35. The largest absolute Gasteiger partial charge is 0.354 e. The average Bonchev–Trinajstić information content (AvgIpc) is 2.93. The molecule has 17 heavy (non-hydrogen) atoms. The first kappa shape index (κ1) is 10.8. The molecule has 0 amide bonds. The van der Waals surface area contributed by atoms with Crippen molar-refractivity contribution in [1.29, 1.82) is 0 Å². The normalized spacial score (nSPS) is 18.8. The summed E-state index contributed by atoms with van der Waals surface area (Å²) in [6.07, 6.45) is 1.97. The molecule has 0 saturated carbocycles. The molecule has 0 aromatic carbocycles. The lowest BCUT2D eigenvalue weighted by Crippen LogP contribution is -2.24. The standard InChI is InChI=1S/C12H16N4S/c1-3-10-14-12-13-6-4-9(16(12)15-10)11-8(2)5-7-17-11/h5,7,9H,3-4,6H2,1-2H3,(H,13,14,15). The highest BCUT2D eigenvalue weighted by Gasteiger charge is 2.25. The summed E-state index contributed by atoms with van der Waals surface area (Å²) >= 11 is 1.82. The molecule has 1 unspecified atom stereocenters. The van der Waals surface area contributed by atoms with E-state index in [1.807, 2.05) is 11.3 Å². The molecule has 1 aliphatic rings. The predicted octanol–water partition coefficient (Wildman–Crippen LogP) is 2.62. The van der Waals surface area contributed by atoms with Gasteiger partial charge in [0.05, 0.1) is 6.04 Å². The third kappa shape index (κ3) is 1.74. The Kier molecular flexibility index (Phi) is 2.63. The van der Waals surface area contributed by atoms with E-state index in [1.165, 1.54) is 10.4 Å². The van der Waals surface area contributed by atoms with E-state index < -0.39 is 0 Å². The summed E-state index contributed by atoms with van der Waals surface area (Å²) in [4.78, 5) is 5.92. The van der Waals surface area contributed by atoms with Gasteiger partial charge in [-0.2, -0.15) is 10.1 Å². The van der Waals surface area contributed by atoms with Crippen LogP contribution in [0.15, 0.2) is 11.4 Å². The first-order valence-electron chi connectivity index (χ1n) is 6.03. The fourth-order valence-electron chi connectivity index (χ4n) is 2.27. The highest BCUT2D eigenvalue weighted by Crippen LogP contribution is 2.33. The molecule has 3 heterocycles. The summed E-state index contributed by atoms with van der Waals surface area (Å²) in [5.41, 5.74) is 1.36. The van der Waals surface area contributed by atoms with Crippen LogP contribution in [-0.4, -0.2) is 21.3 Å². The zero-order valence-electron chi connectivity index (χ0n) is 10.1. The molecule has 3 rings (SSSR count). The van der Waals surface area contributed by atoms with Gasteiger partial charge >= 0.3 is 0 Å². The number of thiophene rings is 1. The van der Waals surface area contributed by atoms with Crippen LogP contribution in [0.25, 0.3) is 0 Å². The molecular weight excluding hydrogens is 232 g/mol. The molecule has 5 heteroatoms. The molecule has 0 fully saturated rings. The van der Waals surface area contributed by atoms with E-state index in [4.69, 9.17) is 0 Å². The van der Waals surface area contributed by atoms with E-state index in [2.05, 4.69) is 45.4 Å². The van der Waals surface area contributed by atoms with E-state index >= 15 is 0 Å². The molecule has 1 aliphatic heterocycles. The number of nitrogens with zero attached hydrogens (tertiary/aromatic N) is 3. The van der Waals surface area contributed by atoms with Crippen LogP contribution < -0.4 is 5.32 Å². The van der Waals surface area contributed by atoms with Crippen molar-refractivity contribution < 1.29 is 0 Å². The monoisotopic (exact) mass is 248 g/mol. The summed E-state index contributed by atoms with van der Waals surface area (Å²) in [6, 6.07) is 2.54. The van der Waals surface area contributed by atoms with Crippen molar-refractivity contribution in [1.82, 2.24) is 14.8 Å². The molecule has 4 nitrogen and oxygen atoms in total. The minimum absolute atomic E-state index is 0.360. The number of anilines is 1. The van der Waals surface area contributed by atoms with Crippen LogP contribution in [0.3, 0.4) is 0 Å². The molecular formula is C12H16N4S. The van der Waals surface area contributed by atoms with E-state index in [0.29, 0.717) is 6.04 Å². The summed E-state index contributed by atoms with van der Waals surface area (Å²) < 4.78 is 2.06. The molecule has 1 N–H and O–H groups in total. The lowest BCUT2D eigenvalue weighted by atomic mass is 10.1. The van der Waals surface area contributed by atoms with Crippen LogP contribution in [0.4, 0.5) is 5.95 Å². The molecule has 0 radical (unpaired) electrons. The smallest absolute Gasteiger partial charge is 0.222 e. The second-order valence-corrected chi connectivity index (χ2v) is 5.30. The summed E-state index contributed by atoms with van der Waals surface area (Å²) in [5.74, 6) is 1.85. The minimum Gasteiger partial charge on any atom is -0.354 e. The van der Waals surface area contributed by atoms with Gasteiger partial charge < -0.3 is 5.32 Å². The molecule has 2 aromatic heterocycles. The third-order valence-corrected chi connectivity index (χ3v) is 4.31. The number of nitrogens with one attached hydrogen (secondary N) is 1. The van der Waals surface area contributed by atoms with Crippen molar-refractivity contribution in [2.45, 2.75) is 32.7 Å². The lowest BCUT2D eigenvalue weighted by Gasteiger charge is -2.24. The maximum Gasteiger partial charge on any atom is 0.222 e. The Morgan fingerprint density at radius 3 is 3.18 bits per heavy atom. The van der Waals surface area contributed by atoms with Crippen LogP contribution in [0.2, 0.25) is 0 Å². The SMILES string of the molecule is CCc1nc2n(n1)C(c1sccc1C)CCN2. The highest BCUT2D eigenvalue weighted by atomic mass is 32.1. The van der Waals surface area contributed by atoms with Crippen LogP contribution in [0, 0.1) is 6.92 Å². The summed E-state index contributed by atoms with van der Waals surface area (Å²) in [7, 11) is 0. The van der Waals surface area contributed by atoms with Crippen molar-refractivity contribution in [3.05, 3.63) is 27.7 Å². The van der Waals surface area contributed by atoms with Gasteiger partial charge in [0.25, 0.3) is 0 Å². The Bertz CT molecular complexity index is 528. The number of hydrogen-bond acceptors (Lipinski definition) is 4. The van der Waals surface area contributed by atoms with Gasteiger partial charge in [0, 0.05) is 17.8 Å². The van der Waals surface area contributed by atoms with Crippen LogP contribution >= 0.6 is 11.3 Å². The molecule has 0 aliphatic carbocycles. The van der Waals surface area contributed by atoms with E-state index in [-0.39, 0.29) is 0 Å². The van der Waals surface area contributed by atoms with Gasteiger partial charge in [-0.05, 0) is 30.4 Å². The fourth-order valence-corrected chi connectivity index (χ4v) is 3.31. The van der Waals surface area contributed by atoms with Gasteiger partial charge in [-0.25, -0.2) is 4.68 Å². The van der Waals surface area contributed by atoms with Crippen molar-refractivity contribution in [3.63, 3.8) is 0 Å². The molecule has 0 spiro atoms. The summed E-state index contributed by atoms with van der Waals surface area (Å²) in [5, 5.41) is 10.1. The van der Waals surface area contributed by atoms with Crippen molar-refractivity contribution in [3.8, 4) is 0 Å². The first-order chi connectivity index (χ1) is 8.29. The van der Waals surface area contributed by atoms with Gasteiger partial charge in [0.15, 0.2) is 5.82 Å². The Morgan fingerprint density at radius 2 is 2.47 bits per heavy atom. The lowest BCUT2D eigenvalue weighted by molar-refractivity contribution is 0.482. The Balaban J connectivity index is 2.04. The van der Waals surface area contributed by atoms with Crippen LogP contribution in [0.1, 0.15) is 35.7 Å². The number of fused-ring (bicyclic) bond motifs is 1. The van der Waals surface area contributed by atoms with E-state index in [9.17, 15) is 0 Å². The maximum atomic E-state index is 4.60. The van der Waals surface area contributed by atoms with Gasteiger partial charge in [-0.1, -0.05) is 6.92 Å². The third-order valence-electron chi connectivity index (χ3n) is 3.19. The Morgan fingerprint density at radius 1 is 1.59 bits per heavy atom. The molecule has 0 bridgehead atoms. The van der Waals surface area contributed by atoms with Gasteiger partial charge in [0.2, 0.25) is 5.95 Å². The molecule has 90 valence electrons. The zero-order valence-corrected chi connectivity index (χ0v) is 10.9. The summed E-state index contributed by atoms with van der Waals surface area (Å²) in [6.45, 7) is 5.24. The van der Waals surface area contributed by atoms with E-state index in [0.717, 1.165) is 31.2 Å². The number of rotatable bonds is 2.